The normalized spacial score (nSPS) is 11.8. The molecule has 1 unspecified atom stereocenters. The summed E-state index contributed by atoms with van der Waals surface area (Å²) in [6.45, 7) is 6.46. The van der Waals surface area contributed by atoms with Gasteiger partial charge in [0.05, 0.1) is 19.6 Å². The molecule has 0 aliphatic rings. The number of aliphatic hydroxyl groups is 1. The largest absolute Gasteiger partial charge is 0.463 e. The lowest BCUT2D eigenvalue weighted by molar-refractivity contribution is -0.168. The Kier molecular flexibility index (Phi) is 11.2. The number of esters is 4. The molecule has 0 spiro atoms. The van der Waals surface area contributed by atoms with Crippen LogP contribution in [0.15, 0.2) is 0 Å². The zero-order chi connectivity index (χ0) is 19.4. The van der Waals surface area contributed by atoms with Crippen LogP contribution >= 0.6 is 0 Å². The van der Waals surface area contributed by atoms with Crippen LogP contribution in [0.4, 0.5) is 0 Å². The minimum absolute atomic E-state index is 0.132. The summed E-state index contributed by atoms with van der Waals surface area (Å²) in [5.74, 6) is -3.36. The van der Waals surface area contributed by atoms with Gasteiger partial charge < -0.3 is 24.1 Å². The molecule has 0 aromatic rings. The third kappa shape index (κ3) is 12.9. The van der Waals surface area contributed by atoms with Gasteiger partial charge in [-0.1, -0.05) is 27.7 Å². The summed E-state index contributed by atoms with van der Waals surface area (Å²) in [5, 5.41) is 9.52. The zero-order valence-electron chi connectivity index (χ0n) is 15.0. The van der Waals surface area contributed by atoms with Crippen molar-refractivity contribution in [1.82, 2.24) is 0 Å². The minimum Gasteiger partial charge on any atom is -0.463 e. The summed E-state index contributed by atoms with van der Waals surface area (Å²) in [4.78, 5) is 45.4. The van der Waals surface area contributed by atoms with Crippen LogP contribution < -0.4 is 0 Å². The molecule has 0 saturated heterocycles. The van der Waals surface area contributed by atoms with Crippen molar-refractivity contribution < 1.29 is 43.2 Å². The second kappa shape index (κ2) is 12.2. The first-order valence-electron chi connectivity index (χ1n) is 7.93. The Morgan fingerprint density at radius 3 is 1.60 bits per heavy atom. The lowest BCUT2D eigenvalue weighted by Gasteiger charge is -2.11. The molecule has 0 aromatic carbocycles. The van der Waals surface area contributed by atoms with E-state index in [1.54, 1.807) is 0 Å². The van der Waals surface area contributed by atoms with E-state index in [4.69, 9.17) is 9.47 Å². The highest BCUT2D eigenvalue weighted by molar-refractivity contribution is 5.84. The molecular formula is C16H26O9. The maximum Gasteiger partial charge on any atom is 0.344 e. The number of aliphatic hydroxyl groups excluding tert-OH is 1. The average molecular weight is 362 g/mol. The number of hydrogen-bond acceptors (Lipinski definition) is 9. The summed E-state index contributed by atoms with van der Waals surface area (Å²) < 4.78 is 18.7. The highest BCUT2D eigenvalue weighted by Gasteiger charge is 2.23. The van der Waals surface area contributed by atoms with E-state index in [1.165, 1.54) is 0 Å². The predicted molar refractivity (Wildman–Crippen MR) is 84.1 cm³/mol. The van der Waals surface area contributed by atoms with Crippen molar-refractivity contribution >= 4 is 23.9 Å². The van der Waals surface area contributed by atoms with Crippen molar-refractivity contribution in [1.29, 1.82) is 0 Å². The van der Waals surface area contributed by atoms with Crippen molar-refractivity contribution in [3.05, 3.63) is 0 Å². The molecule has 0 saturated carbocycles. The molecule has 0 amide bonds. The average Bonchev–Trinajstić information content (AvgIpc) is 2.53. The maximum atomic E-state index is 11.5. The van der Waals surface area contributed by atoms with Gasteiger partial charge in [0.15, 0.2) is 19.3 Å². The van der Waals surface area contributed by atoms with E-state index >= 15 is 0 Å². The minimum atomic E-state index is -1.81. The Labute approximate surface area is 146 Å². The molecule has 0 aliphatic carbocycles. The van der Waals surface area contributed by atoms with Crippen molar-refractivity contribution in [3.63, 3.8) is 0 Å². The number of hydrogen-bond donors (Lipinski definition) is 1. The van der Waals surface area contributed by atoms with Crippen LogP contribution in [0.1, 0.15) is 34.1 Å². The topological polar surface area (TPSA) is 125 Å². The van der Waals surface area contributed by atoms with Crippen molar-refractivity contribution in [2.24, 2.45) is 11.8 Å². The van der Waals surface area contributed by atoms with Gasteiger partial charge in [-0.15, -0.1) is 0 Å². The van der Waals surface area contributed by atoms with Gasteiger partial charge in [0.2, 0.25) is 0 Å². The van der Waals surface area contributed by atoms with Crippen LogP contribution in [0, 0.1) is 11.8 Å². The summed E-state index contributed by atoms with van der Waals surface area (Å²) in [7, 11) is 0. The monoisotopic (exact) mass is 362 g/mol. The molecule has 0 heterocycles. The van der Waals surface area contributed by atoms with Gasteiger partial charge in [-0.3, -0.25) is 4.79 Å². The molecule has 9 nitrogen and oxygen atoms in total. The molecule has 144 valence electrons. The Morgan fingerprint density at radius 1 is 0.720 bits per heavy atom. The van der Waals surface area contributed by atoms with Crippen LogP contribution in [0.2, 0.25) is 0 Å². The van der Waals surface area contributed by atoms with E-state index in [1.807, 2.05) is 27.7 Å². The van der Waals surface area contributed by atoms with Crippen LogP contribution in [-0.4, -0.2) is 61.5 Å². The van der Waals surface area contributed by atoms with Crippen molar-refractivity contribution in [2.75, 3.05) is 26.4 Å². The Morgan fingerprint density at radius 2 is 1.16 bits per heavy atom. The van der Waals surface area contributed by atoms with Gasteiger partial charge in [-0.05, 0) is 11.8 Å². The summed E-state index contributed by atoms with van der Waals surface area (Å²) in [5.41, 5.74) is 0. The van der Waals surface area contributed by atoms with E-state index in [0.29, 0.717) is 0 Å². The molecule has 9 heteroatoms. The fraction of sp³-hybridized carbons (Fsp3) is 0.750. The molecule has 1 atom stereocenters. The quantitative estimate of drug-likeness (QED) is 0.406. The smallest absolute Gasteiger partial charge is 0.344 e. The molecule has 0 rings (SSSR count). The van der Waals surface area contributed by atoms with Gasteiger partial charge in [-0.25, -0.2) is 14.4 Å². The van der Waals surface area contributed by atoms with E-state index < -0.39 is 49.6 Å². The predicted octanol–water partition coefficient (Wildman–Crippen LogP) is 0.222. The lowest BCUT2D eigenvalue weighted by Crippen LogP contribution is -2.30. The van der Waals surface area contributed by atoms with Crippen LogP contribution in [0.25, 0.3) is 0 Å². The Bertz CT molecular complexity index is 457. The summed E-state index contributed by atoms with van der Waals surface area (Å²) >= 11 is 0. The number of ether oxygens (including phenoxy) is 4. The van der Waals surface area contributed by atoms with E-state index in [2.05, 4.69) is 9.47 Å². The van der Waals surface area contributed by atoms with Crippen LogP contribution in [0.5, 0.6) is 0 Å². The van der Waals surface area contributed by atoms with E-state index in [-0.39, 0.29) is 25.0 Å². The Balaban J connectivity index is 3.99. The molecule has 25 heavy (non-hydrogen) atoms. The highest BCUT2D eigenvalue weighted by atomic mass is 16.6. The molecule has 0 aliphatic heterocycles. The lowest BCUT2D eigenvalue weighted by atomic mass is 10.2. The van der Waals surface area contributed by atoms with Gasteiger partial charge in [0.25, 0.3) is 0 Å². The Hall–Kier alpha value is -2.16. The summed E-state index contributed by atoms with van der Waals surface area (Å²) in [6, 6.07) is 0. The van der Waals surface area contributed by atoms with Crippen LogP contribution in [-0.2, 0) is 38.1 Å². The van der Waals surface area contributed by atoms with Crippen molar-refractivity contribution in [2.45, 2.75) is 40.2 Å². The summed E-state index contributed by atoms with van der Waals surface area (Å²) in [6.07, 6.45) is -2.52. The number of rotatable bonds is 11. The second-order valence-electron chi connectivity index (χ2n) is 6.14. The van der Waals surface area contributed by atoms with Gasteiger partial charge in [-0.2, -0.15) is 0 Å². The van der Waals surface area contributed by atoms with E-state index in [0.717, 1.165) is 0 Å². The molecule has 0 radical (unpaired) electrons. The first kappa shape index (κ1) is 22.8. The molecule has 0 fully saturated rings. The highest BCUT2D eigenvalue weighted by Crippen LogP contribution is 2.00. The maximum absolute atomic E-state index is 11.5. The molecule has 1 N–H and O–H groups in total. The molecule has 0 bridgehead atoms. The van der Waals surface area contributed by atoms with Gasteiger partial charge in [0, 0.05) is 0 Å². The third-order valence-corrected chi connectivity index (χ3v) is 2.47. The molecule has 0 aromatic heterocycles. The zero-order valence-corrected chi connectivity index (χ0v) is 15.0. The standard InChI is InChI=1S/C16H26O9/c1-10(2)6-22-14(19)8-24-13(18)5-12(17)16(21)25-9-15(20)23-7-11(3)4/h10-12,17H,5-9H2,1-4H3. The van der Waals surface area contributed by atoms with E-state index in [9.17, 15) is 24.3 Å². The second-order valence-corrected chi connectivity index (χ2v) is 6.14. The first-order valence-corrected chi connectivity index (χ1v) is 7.93. The van der Waals surface area contributed by atoms with Gasteiger partial charge in [0.1, 0.15) is 0 Å². The number of carbonyl (C=O) groups is 4. The van der Waals surface area contributed by atoms with Gasteiger partial charge >= 0.3 is 23.9 Å². The fourth-order valence-electron chi connectivity index (χ4n) is 1.27. The molecular weight excluding hydrogens is 336 g/mol. The third-order valence-electron chi connectivity index (χ3n) is 2.47. The van der Waals surface area contributed by atoms with Crippen LogP contribution in [0.3, 0.4) is 0 Å². The SMILES string of the molecule is CC(C)COC(=O)COC(=O)CC(O)C(=O)OCC(=O)OCC(C)C. The first-order chi connectivity index (χ1) is 11.6. The van der Waals surface area contributed by atoms with Crippen molar-refractivity contribution in [3.8, 4) is 0 Å². The fourth-order valence-corrected chi connectivity index (χ4v) is 1.27. The number of carbonyl (C=O) groups excluding carboxylic acids is 4.